The molecule has 0 saturated heterocycles. The van der Waals surface area contributed by atoms with Gasteiger partial charge >= 0.3 is 12.0 Å². The fourth-order valence-electron chi connectivity index (χ4n) is 1.26. The van der Waals surface area contributed by atoms with Gasteiger partial charge in [0.1, 0.15) is 0 Å². The number of carbonyl (C=O) groups is 2. The van der Waals surface area contributed by atoms with Crippen LogP contribution >= 0.6 is 0 Å². The summed E-state index contributed by atoms with van der Waals surface area (Å²) in [5.74, 6) is -0.657. The molecule has 0 fully saturated rings. The van der Waals surface area contributed by atoms with Crippen LogP contribution in [0, 0.1) is 0 Å². The Labute approximate surface area is 104 Å². The highest BCUT2D eigenvalue weighted by atomic mass is 16.4. The second kappa shape index (κ2) is 7.20. The maximum Gasteiger partial charge on any atom is 0.321 e. The molecule has 9 heteroatoms. The average molecular weight is 256 g/mol. The van der Waals surface area contributed by atoms with E-state index in [1.165, 1.54) is 4.80 Å². The van der Waals surface area contributed by atoms with Gasteiger partial charge in [-0.1, -0.05) is 11.5 Å². The van der Waals surface area contributed by atoms with Crippen molar-refractivity contribution in [1.82, 2.24) is 25.5 Å². The summed E-state index contributed by atoms with van der Waals surface area (Å²) < 4.78 is 0. The van der Waals surface area contributed by atoms with Crippen molar-refractivity contribution >= 4 is 17.9 Å². The average Bonchev–Trinajstić information content (AvgIpc) is 2.68. The van der Waals surface area contributed by atoms with Crippen LogP contribution in [0.1, 0.15) is 25.7 Å². The lowest BCUT2D eigenvalue weighted by atomic mass is 10.2. The molecular formula is C9H16N6O3. The van der Waals surface area contributed by atoms with Crippen LogP contribution in [0.5, 0.6) is 0 Å². The molecule has 3 N–H and O–H groups in total. The van der Waals surface area contributed by atoms with Gasteiger partial charge in [-0.15, -0.1) is 5.10 Å². The summed E-state index contributed by atoms with van der Waals surface area (Å²) in [6.45, 7) is 0.478. The molecule has 0 bridgehead atoms. The summed E-state index contributed by atoms with van der Waals surface area (Å²) in [7, 11) is 1.60. The molecule has 18 heavy (non-hydrogen) atoms. The van der Waals surface area contributed by atoms with Crippen LogP contribution in [0.2, 0.25) is 0 Å². The van der Waals surface area contributed by atoms with Crippen LogP contribution in [0.15, 0.2) is 0 Å². The first kappa shape index (κ1) is 13.9. The highest BCUT2D eigenvalue weighted by Gasteiger charge is 2.05. The molecule has 0 unspecified atom stereocenters. The van der Waals surface area contributed by atoms with E-state index < -0.39 is 12.0 Å². The third-order valence-electron chi connectivity index (χ3n) is 2.09. The number of nitrogens with zero attached hydrogens (tertiary/aromatic N) is 4. The molecule has 0 radical (unpaired) electrons. The number of amides is 2. The van der Waals surface area contributed by atoms with Crippen LogP contribution in [0.25, 0.3) is 0 Å². The predicted octanol–water partition coefficient (Wildman–Crippen LogP) is -0.0234. The van der Waals surface area contributed by atoms with Crippen molar-refractivity contribution in [2.24, 2.45) is 7.05 Å². The lowest BCUT2D eigenvalue weighted by molar-refractivity contribution is -0.137. The highest BCUT2D eigenvalue weighted by molar-refractivity contribution is 5.87. The summed E-state index contributed by atoms with van der Waals surface area (Å²) in [6.07, 6.45) is 2.27. The number of aliphatic carboxylic acids is 1. The quantitative estimate of drug-likeness (QED) is 0.589. The number of carboxylic acids is 1. The maximum absolute atomic E-state index is 11.3. The van der Waals surface area contributed by atoms with E-state index >= 15 is 0 Å². The van der Waals surface area contributed by atoms with Crippen molar-refractivity contribution in [3.63, 3.8) is 0 Å². The van der Waals surface area contributed by atoms with Gasteiger partial charge in [-0.25, -0.2) is 4.79 Å². The largest absolute Gasteiger partial charge is 0.481 e. The molecule has 1 rings (SSSR count). The Morgan fingerprint density at radius 2 is 2.11 bits per heavy atom. The van der Waals surface area contributed by atoms with E-state index in [2.05, 4.69) is 26.0 Å². The number of anilines is 1. The van der Waals surface area contributed by atoms with Gasteiger partial charge in [-0.05, 0) is 18.1 Å². The highest BCUT2D eigenvalue weighted by Crippen LogP contribution is 1.98. The number of nitrogens with one attached hydrogen (secondary N) is 2. The molecule has 1 aromatic rings. The minimum absolute atomic E-state index is 0.140. The van der Waals surface area contributed by atoms with E-state index in [0.29, 0.717) is 13.0 Å². The molecule has 0 spiro atoms. The number of urea groups is 1. The van der Waals surface area contributed by atoms with Crippen LogP contribution in [0.4, 0.5) is 10.7 Å². The van der Waals surface area contributed by atoms with Crippen molar-refractivity contribution in [3.05, 3.63) is 0 Å². The van der Waals surface area contributed by atoms with Gasteiger partial charge in [0.25, 0.3) is 5.95 Å². The Balaban J connectivity index is 2.05. The monoisotopic (exact) mass is 256 g/mol. The number of hydrogen-bond donors (Lipinski definition) is 3. The summed E-state index contributed by atoms with van der Waals surface area (Å²) in [5, 5.41) is 24.4. The van der Waals surface area contributed by atoms with Gasteiger partial charge in [0.05, 0.1) is 7.05 Å². The maximum atomic E-state index is 11.3. The molecule has 0 aliphatic heterocycles. The van der Waals surface area contributed by atoms with Crippen LogP contribution in [0.3, 0.4) is 0 Å². The SMILES string of the molecule is Cn1nnc(NC(=O)NCCCCCC(=O)O)n1. The van der Waals surface area contributed by atoms with Crippen LogP contribution in [-0.4, -0.2) is 43.9 Å². The molecule has 100 valence electrons. The third kappa shape index (κ3) is 5.77. The normalized spacial score (nSPS) is 10.1. The number of unbranched alkanes of at least 4 members (excludes halogenated alkanes) is 2. The minimum atomic E-state index is -0.797. The van der Waals surface area contributed by atoms with Gasteiger partial charge in [0.2, 0.25) is 0 Å². The predicted molar refractivity (Wildman–Crippen MR) is 61.9 cm³/mol. The number of aryl methyl sites for hydroxylation is 1. The van der Waals surface area contributed by atoms with Crippen LogP contribution in [-0.2, 0) is 11.8 Å². The molecular weight excluding hydrogens is 240 g/mol. The second-order valence-electron chi connectivity index (χ2n) is 3.69. The number of carbonyl (C=O) groups excluding carboxylic acids is 1. The number of aromatic nitrogens is 4. The van der Waals surface area contributed by atoms with E-state index in [1.807, 2.05) is 0 Å². The molecule has 9 nitrogen and oxygen atoms in total. The number of hydrogen-bond acceptors (Lipinski definition) is 5. The van der Waals surface area contributed by atoms with Crippen molar-refractivity contribution in [3.8, 4) is 0 Å². The fraction of sp³-hybridized carbons (Fsp3) is 0.667. The summed E-state index contributed by atoms with van der Waals surface area (Å²) >= 11 is 0. The van der Waals surface area contributed by atoms with E-state index in [9.17, 15) is 9.59 Å². The molecule has 0 aliphatic rings. The van der Waals surface area contributed by atoms with Crippen LogP contribution < -0.4 is 10.6 Å². The molecule has 2 amide bonds. The van der Waals surface area contributed by atoms with Crippen molar-refractivity contribution in [1.29, 1.82) is 0 Å². The second-order valence-corrected chi connectivity index (χ2v) is 3.69. The molecule has 0 aliphatic carbocycles. The Morgan fingerprint density at radius 1 is 1.33 bits per heavy atom. The summed E-state index contributed by atoms with van der Waals surface area (Å²) in [4.78, 5) is 22.8. The summed E-state index contributed by atoms with van der Waals surface area (Å²) in [6, 6.07) is -0.402. The summed E-state index contributed by atoms with van der Waals surface area (Å²) in [5.41, 5.74) is 0. The zero-order chi connectivity index (χ0) is 13.4. The lowest BCUT2D eigenvalue weighted by Crippen LogP contribution is -2.30. The van der Waals surface area contributed by atoms with E-state index in [-0.39, 0.29) is 12.4 Å². The number of carboxylic acid groups (broad SMARTS) is 1. The Kier molecular flexibility index (Phi) is 5.55. The lowest BCUT2D eigenvalue weighted by Gasteiger charge is -2.03. The number of tetrazole rings is 1. The van der Waals surface area contributed by atoms with Gasteiger partial charge in [-0.2, -0.15) is 4.80 Å². The van der Waals surface area contributed by atoms with Gasteiger partial charge in [0, 0.05) is 13.0 Å². The zero-order valence-electron chi connectivity index (χ0n) is 10.1. The first-order valence-electron chi connectivity index (χ1n) is 5.58. The Bertz CT molecular complexity index is 405. The fourth-order valence-corrected chi connectivity index (χ4v) is 1.26. The number of rotatable bonds is 7. The molecule has 1 heterocycles. The standard InChI is InChI=1S/C9H16N6O3/c1-15-13-8(12-14-15)11-9(18)10-6-4-2-3-5-7(16)17/h2-6H2,1H3,(H,16,17)(H2,10,11,13,18). The Morgan fingerprint density at radius 3 is 2.72 bits per heavy atom. The first-order valence-corrected chi connectivity index (χ1v) is 5.58. The van der Waals surface area contributed by atoms with E-state index in [1.54, 1.807) is 7.05 Å². The van der Waals surface area contributed by atoms with Crippen molar-refractivity contribution in [2.45, 2.75) is 25.7 Å². The smallest absolute Gasteiger partial charge is 0.321 e. The third-order valence-corrected chi connectivity index (χ3v) is 2.09. The van der Waals surface area contributed by atoms with E-state index in [0.717, 1.165) is 12.8 Å². The van der Waals surface area contributed by atoms with Gasteiger partial charge in [-0.3, -0.25) is 10.1 Å². The molecule has 0 atom stereocenters. The van der Waals surface area contributed by atoms with Crippen molar-refractivity contribution < 1.29 is 14.7 Å². The molecule has 0 aromatic carbocycles. The van der Waals surface area contributed by atoms with Crippen molar-refractivity contribution in [2.75, 3.05) is 11.9 Å². The zero-order valence-corrected chi connectivity index (χ0v) is 10.1. The minimum Gasteiger partial charge on any atom is -0.481 e. The Hall–Kier alpha value is -2.19. The topological polar surface area (TPSA) is 122 Å². The molecule has 0 saturated carbocycles. The first-order chi connectivity index (χ1) is 8.58. The van der Waals surface area contributed by atoms with Gasteiger partial charge < -0.3 is 10.4 Å². The van der Waals surface area contributed by atoms with Gasteiger partial charge in [0.15, 0.2) is 0 Å². The van der Waals surface area contributed by atoms with E-state index in [4.69, 9.17) is 5.11 Å². The molecule has 1 aromatic heterocycles.